The summed E-state index contributed by atoms with van der Waals surface area (Å²) in [6.07, 6.45) is 5.57. The zero-order valence-electron chi connectivity index (χ0n) is 11.9. The fourth-order valence-corrected chi connectivity index (χ4v) is 2.81. The average molecular weight is 279 g/mol. The molecule has 110 valence electrons. The van der Waals surface area contributed by atoms with Crippen LogP contribution in [0.3, 0.4) is 0 Å². The van der Waals surface area contributed by atoms with E-state index in [1.807, 2.05) is 0 Å². The van der Waals surface area contributed by atoms with Gasteiger partial charge in [0.25, 0.3) is 0 Å². The highest BCUT2D eigenvalue weighted by atomic mass is 16.4. The van der Waals surface area contributed by atoms with Crippen LogP contribution in [0.4, 0.5) is 5.82 Å². The molecule has 20 heavy (non-hydrogen) atoms. The summed E-state index contributed by atoms with van der Waals surface area (Å²) in [6, 6.07) is 1.62. The number of aliphatic carboxylic acids is 1. The highest BCUT2D eigenvalue weighted by Gasteiger charge is 2.32. The summed E-state index contributed by atoms with van der Waals surface area (Å²) < 4.78 is 1.29. The molecule has 2 rings (SSSR count). The third-order valence-corrected chi connectivity index (χ3v) is 3.77. The second kappa shape index (κ2) is 5.64. The minimum atomic E-state index is -0.958. The highest BCUT2D eigenvalue weighted by molar-refractivity contribution is 5.91. The molecule has 1 aliphatic carbocycles. The summed E-state index contributed by atoms with van der Waals surface area (Å²) >= 11 is 0. The quantitative estimate of drug-likeness (QED) is 0.884. The molecule has 0 aliphatic heterocycles. The number of hydrogen-bond acceptors (Lipinski definition) is 3. The number of amides is 1. The van der Waals surface area contributed by atoms with Crippen molar-refractivity contribution in [1.82, 2.24) is 9.78 Å². The van der Waals surface area contributed by atoms with Crippen LogP contribution in [0.15, 0.2) is 12.3 Å². The van der Waals surface area contributed by atoms with E-state index in [4.69, 9.17) is 5.11 Å². The molecule has 1 fully saturated rings. The van der Waals surface area contributed by atoms with Gasteiger partial charge < -0.3 is 10.4 Å². The van der Waals surface area contributed by atoms with Crippen LogP contribution in [-0.2, 0) is 16.1 Å². The summed E-state index contributed by atoms with van der Waals surface area (Å²) in [5.74, 6) is -0.540. The molecule has 0 aromatic carbocycles. The van der Waals surface area contributed by atoms with E-state index in [0.29, 0.717) is 5.82 Å². The third kappa shape index (κ3) is 3.82. The maximum atomic E-state index is 12.2. The van der Waals surface area contributed by atoms with Crippen molar-refractivity contribution >= 4 is 17.7 Å². The zero-order valence-corrected chi connectivity index (χ0v) is 11.9. The van der Waals surface area contributed by atoms with E-state index in [2.05, 4.69) is 24.3 Å². The van der Waals surface area contributed by atoms with Gasteiger partial charge in [-0.2, -0.15) is 5.10 Å². The summed E-state index contributed by atoms with van der Waals surface area (Å²) in [5, 5.41) is 15.5. The van der Waals surface area contributed by atoms with Gasteiger partial charge in [-0.1, -0.05) is 20.3 Å². The van der Waals surface area contributed by atoms with Crippen molar-refractivity contribution in [3.05, 3.63) is 12.3 Å². The van der Waals surface area contributed by atoms with E-state index in [1.165, 1.54) is 4.68 Å². The lowest BCUT2D eigenvalue weighted by Gasteiger charge is -2.34. The van der Waals surface area contributed by atoms with Crippen molar-refractivity contribution in [2.45, 2.75) is 46.1 Å². The summed E-state index contributed by atoms with van der Waals surface area (Å²) in [6.45, 7) is 4.17. The van der Waals surface area contributed by atoms with Gasteiger partial charge in [-0.15, -0.1) is 0 Å². The Bertz CT molecular complexity index is 508. The van der Waals surface area contributed by atoms with Crippen molar-refractivity contribution in [3.8, 4) is 0 Å². The molecule has 1 amide bonds. The smallest absolute Gasteiger partial charge is 0.325 e. The molecule has 2 N–H and O–H groups in total. The Morgan fingerprint density at radius 2 is 2.30 bits per heavy atom. The van der Waals surface area contributed by atoms with Crippen molar-refractivity contribution < 1.29 is 14.7 Å². The van der Waals surface area contributed by atoms with Gasteiger partial charge in [-0.05, 0) is 24.7 Å². The van der Waals surface area contributed by atoms with Crippen LogP contribution in [0.25, 0.3) is 0 Å². The minimum Gasteiger partial charge on any atom is -0.480 e. The molecule has 1 aliphatic rings. The molecule has 6 heteroatoms. The number of hydrogen-bond donors (Lipinski definition) is 2. The Balaban J connectivity index is 1.94. The Morgan fingerprint density at radius 3 is 2.95 bits per heavy atom. The number of nitrogens with one attached hydrogen (secondary N) is 1. The first-order chi connectivity index (χ1) is 9.35. The summed E-state index contributed by atoms with van der Waals surface area (Å²) in [7, 11) is 0. The SMILES string of the molecule is CC1(C)CCCC(C(=O)Nc2ccn(CC(=O)O)n2)C1. The minimum absolute atomic E-state index is 0.0154. The van der Waals surface area contributed by atoms with Crippen molar-refractivity contribution in [2.75, 3.05) is 5.32 Å². The molecule has 1 atom stereocenters. The molecule has 1 unspecified atom stereocenters. The highest BCUT2D eigenvalue weighted by Crippen LogP contribution is 2.38. The molecule has 1 aromatic heterocycles. The standard InChI is InChI=1S/C14H21N3O3/c1-14(2)6-3-4-10(8-14)13(20)15-11-5-7-17(16-11)9-12(18)19/h5,7,10H,3-4,6,8-9H2,1-2H3,(H,18,19)(H,15,16,20). The second-order valence-corrected chi connectivity index (χ2v) is 6.24. The van der Waals surface area contributed by atoms with Gasteiger partial charge in [0, 0.05) is 18.2 Å². The first-order valence-electron chi connectivity index (χ1n) is 6.92. The Hall–Kier alpha value is -1.85. The fourth-order valence-electron chi connectivity index (χ4n) is 2.81. The molecular weight excluding hydrogens is 258 g/mol. The first kappa shape index (κ1) is 14.6. The zero-order chi connectivity index (χ0) is 14.8. The number of rotatable bonds is 4. The van der Waals surface area contributed by atoms with E-state index in [-0.39, 0.29) is 23.8 Å². The third-order valence-electron chi connectivity index (χ3n) is 3.77. The number of anilines is 1. The van der Waals surface area contributed by atoms with Gasteiger partial charge in [-0.25, -0.2) is 0 Å². The largest absolute Gasteiger partial charge is 0.480 e. The lowest BCUT2D eigenvalue weighted by Crippen LogP contribution is -2.31. The van der Waals surface area contributed by atoms with Crippen molar-refractivity contribution in [2.24, 2.45) is 11.3 Å². The number of nitrogens with zero attached hydrogens (tertiary/aromatic N) is 2. The second-order valence-electron chi connectivity index (χ2n) is 6.24. The maximum absolute atomic E-state index is 12.2. The van der Waals surface area contributed by atoms with Crippen LogP contribution in [0.5, 0.6) is 0 Å². The van der Waals surface area contributed by atoms with E-state index in [9.17, 15) is 9.59 Å². The van der Waals surface area contributed by atoms with Gasteiger partial charge in [0.1, 0.15) is 6.54 Å². The fraction of sp³-hybridized carbons (Fsp3) is 0.643. The number of carbonyl (C=O) groups is 2. The molecule has 0 radical (unpaired) electrons. The average Bonchev–Trinajstić information content (AvgIpc) is 2.74. The molecule has 0 saturated heterocycles. The first-order valence-corrected chi connectivity index (χ1v) is 6.92. The van der Waals surface area contributed by atoms with Gasteiger partial charge in [0.05, 0.1) is 0 Å². The predicted molar refractivity (Wildman–Crippen MR) is 74.2 cm³/mol. The van der Waals surface area contributed by atoms with Gasteiger partial charge in [0.15, 0.2) is 5.82 Å². The Morgan fingerprint density at radius 1 is 1.55 bits per heavy atom. The molecule has 1 heterocycles. The number of carboxylic acids is 1. The lowest BCUT2D eigenvalue weighted by molar-refractivity contribution is -0.137. The van der Waals surface area contributed by atoms with Crippen molar-refractivity contribution in [3.63, 3.8) is 0 Å². The topological polar surface area (TPSA) is 84.2 Å². The monoisotopic (exact) mass is 279 g/mol. The normalized spacial score (nSPS) is 21.4. The Kier molecular flexibility index (Phi) is 4.11. The van der Waals surface area contributed by atoms with Crippen LogP contribution < -0.4 is 5.32 Å². The van der Waals surface area contributed by atoms with E-state index < -0.39 is 5.97 Å². The van der Waals surface area contributed by atoms with Gasteiger partial charge >= 0.3 is 5.97 Å². The molecule has 0 bridgehead atoms. The summed E-state index contributed by atoms with van der Waals surface area (Å²) in [5.41, 5.74) is 0.211. The van der Waals surface area contributed by atoms with Crippen LogP contribution in [0.2, 0.25) is 0 Å². The van der Waals surface area contributed by atoms with Crippen LogP contribution in [-0.4, -0.2) is 26.8 Å². The molecule has 1 saturated carbocycles. The molecule has 0 spiro atoms. The van der Waals surface area contributed by atoms with Crippen LogP contribution in [0.1, 0.15) is 39.5 Å². The van der Waals surface area contributed by atoms with E-state index >= 15 is 0 Å². The van der Waals surface area contributed by atoms with Gasteiger partial charge in [0.2, 0.25) is 5.91 Å². The molecule has 1 aromatic rings. The Labute approximate surface area is 118 Å². The van der Waals surface area contributed by atoms with Crippen LogP contribution >= 0.6 is 0 Å². The predicted octanol–water partition coefficient (Wildman–Crippen LogP) is 2.12. The van der Waals surface area contributed by atoms with E-state index in [1.54, 1.807) is 12.3 Å². The number of carbonyl (C=O) groups excluding carboxylic acids is 1. The summed E-state index contributed by atoms with van der Waals surface area (Å²) in [4.78, 5) is 22.8. The molecule has 6 nitrogen and oxygen atoms in total. The number of carboxylic acid groups (broad SMARTS) is 1. The van der Waals surface area contributed by atoms with E-state index in [0.717, 1.165) is 25.7 Å². The number of aromatic nitrogens is 2. The van der Waals surface area contributed by atoms with Gasteiger partial charge in [-0.3, -0.25) is 14.3 Å². The van der Waals surface area contributed by atoms with Crippen molar-refractivity contribution in [1.29, 1.82) is 0 Å². The molecular formula is C14H21N3O3. The van der Waals surface area contributed by atoms with Crippen LogP contribution in [0, 0.1) is 11.3 Å². The maximum Gasteiger partial charge on any atom is 0.325 e. The lowest BCUT2D eigenvalue weighted by atomic mass is 9.72.